The van der Waals surface area contributed by atoms with E-state index in [1.54, 1.807) is 0 Å². The molecule has 0 saturated carbocycles. The molecule has 0 radical (unpaired) electrons. The first-order chi connectivity index (χ1) is 18.2. The minimum Gasteiger partial charge on any atom is -0.378 e. The third-order valence-electron chi connectivity index (χ3n) is 6.74. The zero-order valence-electron chi connectivity index (χ0n) is 20.7. The van der Waals surface area contributed by atoms with Gasteiger partial charge in [0.25, 0.3) is 5.91 Å². The van der Waals surface area contributed by atoms with Crippen molar-refractivity contribution in [3.63, 3.8) is 0 Å². The van der Waals surface area contributed by atoms with Crippen LogP contribution in [0.15, 0.2) is 78.9 Å². The maximum Gasteiger partial charge on any atom is 0.254 e. The molecule has 198 valence electrons. The lowest BCUT2D eigenvalue weighted by atomic mass is 9.82. The highest BCUT2D eigenvalue weighted by Crippen LogP contribution is 2.34. The van der Waals surface area contributed by atoms with Crippen LogP contribution in [0.25, 0.3) is 0 Å². The average Bonchev–Trinajstić information content (AvgIpc) is 3.07. The second kappa shape index (κ2) is 12.0. The lowest BCUT2D eigenvalue weighted by Gasteiger charge is -2.28. The molecule has 0 bridgehead atoms. The van der Waals surface area contributed by atoms with Crippen LogP contribution in [0, 0.1) is 11.6 Å². The summed E-state index contributed by atoms with van der Waals surface area (Å²) in [6.07, 6.45) is -1.30. The molecule has 9 heteroatoms. The molecular formula is C29H29F2N3O4. The smallest absolute Gasteiger partial charge is 0.254 e. The number of hydrogen-bond donors (Lipinski definition) is 4. The van der Waals surface area contributed by atoms with Gasteiger partial charge in [-0.2, -0.15) is 0 Å². The van der Waals surface area contributed by atoms with Crippen molar-refractivity contribution in [2.24, 2.45) is 0 Å². The van der Waals surface area contributed by atoms with E-state index in [4.69, 9.17) is 0 Å². The number of benzene rings is 3. The van der Waals surface area contributed by atoms with E-state index in [0.717, 1.165) is 23.3 Å². The maximum atomic E-state index is 13.5. The lowest BCUT2D eigenvalue weighted by Crippen LogP contribution is -2.54. The van der Waals surface area contributed by atoms with Crippen LogP contribution in [0.4, 0.5) is 8.78 Å². The van der Waals surface area contributed by atoms with Crippen molar-refractivity contribution in [1.82, 2.24) is 16.0 Å². The number of carbonyl (C=O) groups excluding carboxylic acids is 3. The maximum absolute atomic E-state index is 13.5. The molecule has 38 heavy (non-hydrogen) atoms. The standard InChI is InChI=1S/C29H29F2N3O4/c1-17(33-29(38)26(35)20-12-22(30)15-23(31)13-20)27(36)34-25-24(19-10-6-3-7-11-19)14-21(16-32-28(25)37)18-8-4-2-5-9-18/h2-13,15,17,21,24-26,35H,14,16H2,1H3,(H,32,37)(H,33,38)(H,34,36)/t17-,21-,24+,25-,26+/m0/s1. The number of carbonyl (C=O) groups is 3. The predicted octanol–water partition coefficient (Wildman–Crippen LogP) is 3.08. The van der Waals surface area contributed by atoms with Gasteiger partial charge in [0.15, 0.2) is 6.10 Å². The summed E-state index contributed by atoms with van der Waals surface area (Å²) in [7, 11) is 0. The summed E-state index contributed by atoms with van der Waals surface area (Å²) in [6, 6.07) is 19.5. The van der Waals surface area contributed by atoms with Crippen LogP contribution in [0.5, 0.6) is 0 Å². The normalized spacial score (nSPS) is 20.9. The number of aliphatic hydroxyl groups is 1. The molecule has 1 fully saturated rings. The highest BCUT2D eigenvalue weighted by molar-refractivity contribution is 5.93. The molecule has 0 aliphatic carbocycles. The minimum atomic E-state index is -1.89. The molecule has 1 aliphatic heterocycles. The second-order valence-corrected chi connectivity index (χ2v) is 9.43. The fourth-order valence-electron chi connectivity index (χ4n) is 4.74. The van der Waals surface area contributed by atoms with E-state index in [2.05, 4.69) is 16.0 Å². The third kappa shape index (κ3) is 6.41. The summed E-state index contributed by atoms with van der Waals surface area (Å²) in [5, 5.41) is 18.3. The number of halogens is 2. The highest BCUT2D eigenvalue weighted by Gasteiger charge is 2.37. The molecule has 0 unspecified atom stereocenters. The Morgan fingerprint density at radius 1 is 0.921 bits per heavy atom. The van der Waals surface area contributed by atoms with Gasteiger partial charge in [-0.3, -0.25) is 14.4 Å². The third-order valence-corrected chi connectivity index (χ3v) is 6.74. The first-order valence-corrected chi connectivity index (χ1v) is 12.4. The Hall–Kier alpha value is -4.11. The van der Waals surface area contributed by atoms with Crippen molar-refractivity contribution in [2.45, 2.75) is 43.4 Å². The van der Waals surface area contributed by atoms with Crippen molar-refractivity contribution >= 4 is 17.7 Å². The largest absolute Gasteiger partial charge is 0.378 e. The molecule has 5 atom stereocenters. The number of nitrogens with one attached hydrogen (secondary N) is 3. The number of rotatable bonds is 7. The van der Waals surface area contributed by atoms with Gasteiger partial charge in [0.05, 0.1) is 0 Å². The fraction of sp³-hybridized carbons (Fsp3) is 0.276. The van der Waals surface area contributed by atoms with Crippen LogP contribution in [0.3, 0.4) is 0 Å². The molecule has 3 aromatic carbocycles. The molecule has 1 heterocycles. The van der Waals surface area contributed by atoms with Gasteiger partial charge in [-0.05, 0) is 42.2 Å². The lowest BCUT2D eigenvalue weighted by molar-refractivity contribution is -0.135. The van der Waals surface area contributed by atoms with E-state index in [1.165, 1.54) is 6.92 Å². The molecule has 3 amide bonds. The topological polar surface area (TPSA) is 108 Å². The average molecular weight is 522 g/mol. The Labute approximate surface area is 219 Å². The van der Waals surface area contributed by atoms with Crippen molar-refractivity contribution in [1.29, 1.82) is 0 Å². The Morgan fingerprint density at radius 2 is 1.50 bits per heavy atom. The van der Waals surface area contributed by atoms with Gasteiger partial charge in [-0.1, -0.05) is 60.7 Å². The van der Waals surface area contributed by atoms with Crippen LogP contribution >= 0.6 is 0 Å². The van der Waals surface area contributed by atoms with Crippen LogP contribution in [-0.4, -0.2) is 41.5 Å². The van der Waals surface area contributed by atoms with Crippen molar-refractivity contribution in [2.75, 3.05) is 6.54 Å². The summed E-state index contributed by atoms with van der Waals surface area (Å²) in [5.74, 6) is -4.22. The van der Waals surface area contributed by atoms with Gasteiger partial charge in [0.2, 0.25) is 11.8 Å². The summed E-state index contributed by atoms with van der Waals surface area (Å²) in [6.45, 7) is 1.80. The van der Waals surface area contributed by atoms with Crippen molar-refractivity contribution in [3.8, 4) is 0 Å². The summed E-state index contributed by atoms with van der Waals surface area (Å²) >= 11 is 0. The Kier molecular flexibility index (Phi) is 8.48. The molecule has 4 rings (SSSR count). The summed E-state index contributed by atoms with van der Waals surface area (Å²) in [5.41, 5.74) is 1.67. The molecule has 0 aromatic heterocycles. The van der Waals surface area contributed by atoms with Crippen molar-refractivity contribution in [3.05, 3.63) is 107 Å². The van der Waals surface area contributed by atoms with Gasteiger partial charge < -0.3 is 21.1 Å². The van der Waals surface area contributed by atoms with E-state index in [-0.39, 0.29) is 23.3 Å². The van der Waals surface area contributed by atoms with Gasteiger partial charge in [0, 0.05) is 24.4 Å². The zero-order chi connectivity index (χ0) is 27.2. The molecule has 1 aliphatic rings. The van der Waals surface area contributed by atoms with Crippen LogP contribution < -0.4 is 16.0 Å². The molecular weight excluding hydrogens is 492 g/mol. The Balaban J connectivity index is 1.50. The number of aliphatic hydroxyl groups excluding tert-OH is 1. The van der Waals surface area contributed by atoms with Gasteiger partial charge >= 0.3 is 0 Å². The molecule has 7 nitrogen and oxygen atoms in total. The first kappa shape index (κ1) is 26.9. The van der Waals surface area contributed by atoms with Gasteiger partial charge in [-0.25, -0.2) is 8.78 Å². The van der Waals surface area contributed by atoms with E-state index in [1.807, 2.05) is 60.7 Å². The highest BCUT2D eigenvalue weighted by atomic mass is 19.1. The number of amides is 3. The van der Waals surface area contributed by atoms with Crippen LogP contribution in [-0.2, 0) is 14.4 Å². The van der Waals surface area contributed by atoms with Crippen molar-refractivity contribution < 1.29 is 28.3 Å². The fourth-order valence-corrected chi connectivity index (χ4v) is 4.74. The van der Waals surface area contributed by atoms with Crippen LogP contribution in [0.2, 0.25) is 0 Å². The van der Waals surface area contributed by atoms with E-state index < -0.39 is 41.6 Å². The van der Waals surface area contributed by atoms with Gasteiger partial charge in [-0.15, -0.1) is 0 Å². The second-order valence-electron chi connectivity index (χ2n) is 9.43. The zero-order valence-corrected chi connectivity index (χ0v) is 20.7. The molecule has 3 aromatic rings. The Morgan fingerprint density at radius 3 is 2.11 bits per heavy atom. The molecule has 4 N–H and O–H groups in total. The molecule has 0 spiro atoms. The van der Waals surface area contributed by atoms with Crippen LogP contribution in [0.1, 0.15) is 48.0 Å². The van der Waals surface area contributed by atoms with Gasteiger partial charge in [0.1, 0.15) is 23.7 Å². The quantitative estimate of drug-likeness (QED) is 0.383. The first-order valence-electron chi connectivity index (χ1n) is 12.4. The summed E-state index contributed by atoms with van der Waals surface area (Å²) < 4.78 is 27.0. The minimum absolute atomic E-state index is 0.0196. The van der Waals surface area contributed by atoms with E-state index >= 15 is 0 Å². The van der Waals surface area contributed by atoms with E-state index in [9.17, 15) is 28.3 Å². The Bertz CT molecular complexity index is 1270. The number of hydrogen-bond acceptors (Lipinski definition) is 4. The van der Waals surface area contributed by atoms with E-state index in [0.29, 0.717) is 19.0 Å². The molecule has 1 saturated heterocycles. The summed E-state index contributed by atoms with van der Waals surface area (Å²) in [4.78, 5) is 38.8. The predicted molar refractivity (Wildman–Crippen MR) is 137 cm³/mol. The monoisotopic (exact) mass is 521 g/mol. The SMILES string of the molecule is C[C@H](NC(=O)[C@H](O)c1cc(F)cc(F)c1)C(=O)N[C@@H]1C(=O)NC[C@@H](c2ccccc2)C[C@@H]1c1ccccc1.